The van der Waals surface area contributed by atoms with Crippen LogP contribution >= 0.6 is 0 Å². The SMILES string of the molecule is CCOC(=O)CCNC(=O)c1cc(-c2ccc(C#N)cc2)nn(C)c1=O. The molecule has 1 N–H and O–H groups in total. The highest BCUT2D eigenvalue weighted by molar-refractivity contribution is 5.94. The number of aryl methyl sites for hydroxylation is 1. The molecule has 0 aliphatic carbocycles. The predicted octanol–water partition coefficient (Wildman–Crippen LogP) is 1.00. The lowest BCUT2D eigenvalue weighted by Crippen LogP contribution is -2.34. The molecule has 2 aromatic rings. The van der Waals surface area contributed by atoms with Crippen molar-refractivity contribution in [3.63, 3.8) is 0 Å². The summed E-state index contributed by atoms with van der Waals surface area (Å²) in [5.41, 5.74) is 0.963. The van der Waals surface area contributed by atoms with Crippen LogP contribution in [0, 0.1) is 11.3 Å². The number of benzene rings is 1. The van der Waals surface area contributed by atoms with Crippen molar-refractivity contribution >= 4 is 11.9 Å². The van der Waals surface area contributed by atoms with Crippen molar-refractivity contribution in [1.29, 1.82) is 5.26 Å². The molecule has 0 saturated heterocycles. The first kappa shape index (κ1) is 18.9. The highest BCUT2D eigenvalue weighted by atomic mass is 16.5. The second kappa shape index (κ2) is 8.58. The number of rotatable bonds is 6. The fourth-order valence-corrected chi connectivity index (χ4v) is 2.23. The molecule has 8 nitrogen and oxygen atoms in total. The lowest BCUT2D eigenvalue weighted by molar-refractivity contribution is -0.142. The van der Waals surface area contributed by atoms with Gasteiger partial charge in [0.2, 0.25) is 0 Å². The molecule has 0 aliphatic heterocycles. The molecule has 0 atom stereocenters. The van der Waals surface area contributed by atoms with Crippen LogP contribution in [0.15, 0.2) is 35.1 Å². The molecular formula is C18H18N4O4. The summed E-state index contributed by atoms with van der Waals surface area (Å²) in [6.07, 6.45) is 0.0213. The van der Waals surface area contributed by atoms with Crippen LogP contribution in [0.25, 0.3) is 11.3 Å². The fraction of sp³-hybridized carbons (Fsp3) is 0.278. The average molecular weight is 354 g/mol. The number of esters is 1. The zero-order valence-corrected chi connectivity index (χ0v) is 14.5. The summed E-state index contributed by atoms with van der Waals surface area (Å²) in [5, 5.41) is 15.5. The van der Waals surface area contributed by atoms with E-state index in [1.807, 2.05) is 6.07 Å². The van der Waals surface area contributed by atoms with Crippen molar-refractivity contribution in [1.82, 2.24) is 15.1 Å². The van der Waals surface area contributed by atoms with Gasteiger partial charge >= 0.3 is 5.97 Å². The zero-order valence-electron chi connectivity index (χ0n) is 14.5. The summed E-state index contributed by atoms with van der Waals surface area (Å²) in [6, 6.07) is 10.0. The topological polar surface area (TPSA) is 114 Å². The van der Waals surface area contributed by atoms with Crippen molar-refractivity contribution in [3.8, 4) is 17.3 Å². The summed E-state index contributed by atoms with van der Waals surface area (Å²) in [6.45, 7) is 2.03. The van der Waals surface area contributed by atoms with Gasteiger partial charge in [0.1, 0.15) is 5.56 Å². The maximum absolute atomic E-state index is 12.3. The molecule has 1 amide bonds. The Balaban J connectivity index is 2.21. The third kappa shape index (κ3) is 4.54. The van der Waals surface area contributed by atoms with Crippen LogP contribution < -0.4 is 10.9 Å². The molecule has 0 fully saturated rings. The van der Waals surface area contributed by atoms with Crippen LogP contribution in [0.2, 0.25) is 0 Å². The van der Waals surface area contributed by atoms with Gasteiger partial charge in [-0.25, -0.2) is 4.68 Å². The standard InChI is InChI=1S/C18H18N4O4/c1-3-26-16(23)8-9-20-17(24)14-10-15(21-22(2)18(14)25)13-6-4-12(11-19)5-7-13/h4-7,10H,3,8-9H2,1-2H3,(H,20,24). The van der Waals surface area contributed by atoms with Gasteiger partial charge in [-0.1, -0.05) is 12.1 Å². The first-order valence-electron chi connectivity index (χ1n) is 7.99. The maximum atomic E-state index is 12.3. The van der Waals surface area contributed by atoms with Crippen LogP contribution in [-0.2, 0) is 16.6 Å². The number of nitrogens with one attached hydrogen (secondary N) is 1. The molecule has 0 spiro atoms. The van der Waals surface area contributed by atoms with Crippen molar-refractivity contribution in [2.75, 3.05) is 13.2 Å². The third-order valence-corrected chi connectivity index (χ3v) is 3.54. The minimum Gasteiger partial charge on any atom is -0.466 e. The molecule has 2 rings (SSSR count). The Morgan fingerprint density at radius 3 is 2.62 bits per heavy atom. The van der Waals surface area contributed by atoms with Gasteiger partial charge in [-0.2, -0.15) is 10.4 Å². The van der Waals surface area contributed by atoms with Crippen molar-refractivity contribution < 1.29 is 14.3 Å². The van der Waals surface area contributed by atoms with Gasteiger partial charge in [0.05, 0.1) is 30.4 Å². The average Bonchev–Trinajstić information content (AvgIpc) is 2.64. The van der Waals surface area contributed by atoms with Crippen LogP contribution in [0.5, 0.6) is 0 Å². The predicted molar refractivity (Wildman–Crippen MR) is 93.2 cm³/mol. The van der Waals surface area contributed by atoms with E-state index in [2.05, 4.69) is 10.4 Å². The smallest absolute Gasteiger partial charge is 0.307 e. The van der Waals surface area contributed by atoms with E-state index < -0.39 is 17.4 Å². The van der Waals surface area contributed by atoms with E-state index >= 15 is 0 Å². The third-order valence-electron chi connectivity index (χ3n) is 3.54. The molecule has 0 bridgehead atoms. The first-order chi connectivity index (χ1) is 12.5. The maximum Gasteiger partial charge on any atom is 0.307 e. The quantitative estimate of drug-likeness (QED) is 0.774. The van der Waals surface area contributed by atoms with Gasteiger partial charge in [-0.15, -0.1) is 0 Å². The van der Waals surface area contributed by atoms with Gasteiger partial charge in [0.15, 0.2) is 0 Å². The Labute approximate surface area is 150 Å². The van der Waals surface area contributed by atoms with Crippen LogP contribution in [-0.4, -0.2) is 34.8 Å². The number of nitriles is 1. The Morgan fingerprint density at radius 1 is 1.31 bits per heavy atom. The fourth-order valence-electron chi connectivity index (χ4n) is 2.23. The molecule has 1 heterocycles. The summed E-state index contributed by atoms with van der Waals surface area (Å²) in [4.78, 5) is 35.8. The van der Waals surface area contributed by atoms with E-state index in [1.54, 1.807) is 31.2 Å². The molecule has 1 aromatic heterocycles. The van der Waals surface area contributed by atoms with Gasteiger partial charge < -0.3 is 10.1 Å². The molecule has 0 unspecified atom stereocenters. The summed E-state index contributed by atoms with van der Waals surface area (Å²) < 4.78 is 5.86. The lowest BCUT2D eigenvalue weighted by Gasteiger charge is -2.08. The molecule has 26 heavy (non-hydrogen) atoms. The number of ether oxygens (including phenoxy) is 1. The number of carbonyl (C=O) groups is 2. The Kier molecular flexibility index (Phi) is 6.22. The van der Waals surface area contributed by atoms with Crippen LogP contribution in [0.3, 0.4) is 0 Å². The van der Waals surface area contributed by atoms with Gasteiger partial charge in [0.25, 0.3) is 11.5 Å². The van der Waals surface area contributed by atoms with Crippen molar-refractivity contribution in [2.45, 2.75) is 13.3 Å². The van der Waals surface area contributed by atoms with E-state index in [4.69, 9.17) is 10.00 Å². The molecule has 0 aliphatic rings. The summed E-state index contributed by atoms with van der Waals surface area (Å²) in [5.74, 6) is -1.01. The molecule has 8 heteroatoms. The minimum atomic E-state index is -0.591. The van der Waals surface area contributed by atoms with E-state index in [0.29, 0.717) is 16.8 Å². The largest absolute Gasteiger partial charge is 0.466 e. The summed E-state index contributed by atoms with van der Waals surface area (Å²) >= 11 is 0. The Morgan fingerprint density at radius 2 is 2.00 bits per heavy atom. The Hall–Kier alpha value is -3.47. The number of hydrogen-bond donors (Lipinski definition) is 1. The highest BCUT2D eigenvalue weighted by Gasteiger charge is 2.15. The second-order valence-corrected chi connectivity index (χ2v) is 5.37. The molecule has 0 radical (unpaired) electrons. The van der Waals surface area contributed by atoms with Crippen LogP contribution in [0.1, 0.15) is 29.3 Å². The Bertz CT molecular complexity index is 910. The normalized spacial score (nSPS) is 10.0. The molecular weight excluding hydrogens is 336 g/mol. The number of amides is 1. The molecule has 0 saturated carbocycles. The number of hydrogen-bond acceptors (Lipinski definition) is 6. The van der Waals surface area contributed by atoms with Gasteiger partial charge in [-0.3, -0.25) is 14.4 Å². The second-order valence-electron chi connectivity index (χ2n) is 5.37. The summed E-state index contributed by atoms with van der Waals surface area (Å²) in [7, 11) is 1.45. The number of aromatic nitrogens is 2. The van der Waals surface area contributed by atoms with E-state index in [1.165, 1.54) is 13.1 Å². The van der Waals surface area contributed by atoms with E-state index in [0.717, 1.165) is 4.68 Å². The molecule has 134 valence electrons. The first-order valence-corrected chi connectivity index (χ1v) is 7.99. The minimum absolute atomic E-state index is 0.0213. The number of carbonyl (C=O) groups excluding carboxylic acids is 2. The van der Waals surface area contributed by atoms with Crippen molar-refractivity contribution in [3.05, 3.63) is 51.8 Å². The van der Waals surface area contributed by atoms with Crippen LogP contribution in [0.4, 0.5) is 0 Å². The highest BCUT2D eigenvalue weighted by Crippen LogP contribution is 2.17. The van der Waals surface area contributed by atoms with Crippen molar-refractivity contribution in [2.24, 2.45) is 7.05 Å². The zero-order chi connectivity index (χ0) is 19.1. The lowest BCUT2D eigenvalue weighted by atomic mass is 10.1. The number of nitrogens with zero attached hydrogens (tertiary/aromatic N) is 3. The van der Waals surface area contributed by atoms with E-state index in [-0.39, 0.29) is 25.1 Å². The van der Waals surface area contributed by atoms with Gasteiger partial charge in [-0.05, 0) is 25.1 Å². The molecule has 1 aromatic carbocycles. The van der Waals surface area contributed by atoms with Gasteiger partial charge in [0, 0.05) is 19.2 Å². The van der Waals surface area contributed by atoms with E-state index in [9.17, 15) is 14.4 Å². The monoisotopic (exact) mass is 354 g/mol.